The number of carboxylic acids is 1. The second-order valence-corrected chi connectivity index (χ2v) is 4.31. The van der Waals surface area contributed by atoms with E-state index in [1.54, 1.807) is 0 Å². The van der Waals surface area contributed by atoms with Crippen LogP contribution in [-0.4, -0.2) is 59.0 Å². The number of rotatable bonds is 2. The number of hydrogen-bond acceptors (Lipinski definition) is 3. The Hall–Kier alpha value is -1.10. The van der Waals surface area contributed by atoms with Crippen molar-refractivity contribution in [2.24, 2.45) is 0 Å². The molecule has 0 bridgehead atoms. The molecule has 2 fully saturated rings. The van der Waals surface area contributed by atoms with Crippen molar-refractivity contribution >= 4 is 11.9 Å². The number of hydrogen-bond donors (Lipinski definition) is 1. The average Bonchev–Trinajstić information content (AvgIpc) is 2.47. The van der Waals surface area contributed by atoms with Crippen molar-refractivity contribution < 1.29 is 14.7 Å². The molecule has 2 rings (SSSR count). The zero-order chi connectivity index (χ0) is 11.0. The van der Waals surface area contributed by atoms with Gasteiger partial charge in [0.2, 0.25) is 5.91 Å². The Balaban J connectivity index is 1.99. The molecule has 2 aliphatic rings. The van der Waals surface area contributed by atoms with Crippen LogP contribution in [0.1, 0.15) is 19.3 Å². The van der Waals surface area contributed by atoms with Crippen molar-refractivity contribution in [3.63, 3.8) is 0 Å². The fourth-order valence-corrected chi connectivity index (χ4v) is 2.32. The molecule has 2 atom stereocenters. The fourth-order valence-electron chi connectivity index (χ4n) is 2.32. The first-order valence-corrected chi connectivity index (χ1v) is 5.35. The molecule has 2 saturated heterocycles. The van der Waals surface area contributed by atoms with Gasteiger partial charge in [-0.25, -0.2) is 4.79 Å². The molecule has 2 unspecified atom stereocenters. The quantitative estimate of drug-likeness (QED) is 0.686. The molecule has 15 heavy (non-hydrogen) atoms. The predicted octanol–water partition coefficient (Wildman–Crippen LogP) is -0.234. The molecule has 0 saturated carbocycles. The molecule has 0 aliphatic carbocycles. The van der Waals surface area contributed by atoms with Crippen LogP contribution in [0.5, 0.6) is 0 Å². The van der Waals surface area contributed by atoms with E-state index in [1.807, 2.05) is 11.9 Å². The highest BCUT2D eigenvalue weighted by Gasteiger charge is 2.42. The SMILES string of the molecule is CN1CCCC1C(=O)N1CCC1C(=O)O. The summed E-state index contributed by atoms with van der Waals surface area (Å²) in [5.41, 5.74) is 0. The summed E-state index contributed by atoms with van der Waals surface area (Å²) in [6.45, 7) is 1.53. The Bertz CT molecular complexity index is 292. The molecule has 0 radical (unpaired) electrons. The third-order valence-electron chi connectivity index (χ3n) is 3.39. The van der Waals surface area contributed by atoms with E-state index in [-0.39, 0.29) is 11.9 Å². The monoisotopic (exact) mass is 212 g/mol. The van der Waals surface area contributed by atoms with E-state index in [4.69, 9.17) is 5.11 Å². The maximum Gasteiger partial charge on any atom is 0.326 e. The van der Waals surface area contributed by atoms with E-state index < -0.39 is 12.0 Å². The van der Waals surface area contributed by atoms with Gasteiger partial charge in [-0.1, -0.05) is 0 Å². The summed E-state index contributed by atoms with van der Waals surface area (Å²) in [4.78, 5) is 26.3. The van der Waals surface area contributed by atoms with Gasteiger partial charge in [0.1, 0.15) is 6.04 Å². The summed E-state index contributed by atoms with van der Waals surface area (Å²) in [5.74, 6) is -0.885. The van der Waals surface area contributed by atoms with Crippen LogP contribution in [0.25, 0.3) is 0 Å². The van der Waals surface area contributed by atoms with Gasteiger partial charge in [0.25, 0.3) is 0 Å². The first-order chi connectivity index (χ1) is 7.11. The zero-order valence-electron chi connectivity index (χ0n) is 8.85. The number of carboxylic acid groups (broad SMARTS) is 1. The summed E-state index contributed by atoms with van der Waals surface area (Å²) in [5, 5.41) is 8.85. The molecule has 2 aliphatic heterocycles. The summed E-state index contributed by atoms with van der Waals surface area (Å²) in [6.07, 6.45) is 2.48. The zero-order valence-corrected chi connectivity index (χ0v) is 8.85. The standard InChI is InChI=1S/C10H16N2O3/c1-11-5-2-3-7(11)9(13)12-6-4-8(12)10(14)15/h7-8H,2-6H2,1H3,(H,14,15). The predicted molar refractivity (Wildman–Crippen MR) is 53.4 cm³/mol. The van der Waals surface area contributed by atoms with Gasteiger partial charge in [0.05, 0.1) is 6.04 Å². The molecule has 5 nitrogen and oxygen atoms in total. The molecular weight excluding hydrogens is 196 g/mol. The van der Waals surface area contributed by atoms with E-state index in [1.165, 1.54) is 4.90 Å². The first-order valence-electron chi connectivity index (χ1n) is 5.35. The van der Waals surface area contributed by atoms with Crippen LogP contribution in [0.15, 0.2) is 0 Å². The molecule has 1 amide bonds. The number of carbonyl (C=O) groups is 2. The van der Waals surface area contributed by atoms with Gasteiger partial charge in [-0.15, -0.1) is 0 Å². The second kappa shape index (κ2) is 3.81. The molecular formula is C10H16N2O3. The van der Waals surface area contributed by atoms with Crippen LogP contribution in [0.2, 0.25) is 0 Å². The molecule has 1 N–H and O–H groups in total. The minimum atomic E-state index is -0.879. The Kier molecular flexibility index (Phi) is 2.65. The minimum absolute atomic E-state index is 0.00588. The lowest BCUT2D eigenvalue weighted by Crippen LogP contribution is -2.59. The number of likely N-dealkylation sites (tertiary alicyclic amines) is 2. The smallest absolute Gasteiger partial charge is 0.326 e. The van der Waals surface area contributed by atoms with Crippen molar-refractivity contribution in [3.05, 3.63) is 0 Å². The number of amides is 1. The lowest BCUT2D eigenvalue weighted by molar-refractivity contribution is -0.159. The van der Waals surface area contributed by atoms with E-state index in [2.05, 4.69) is 0 Å². The van der Waals surface area contributed by atoms with Gasteiger partial charge in [-0.3, -0.25) is 9.69 Å². The van der Waals surface area contributed by atoms with E-state index in [9.17, 15) is 9.59 Å². The topological polar surface area (TPSA) is 60.9 Å². The van der Waals surface area contributed by atoms with Crippen LogP contribution in [0.3, 0.4) is 0 Å². The summed E-state index contributed by atoms with van der Waals surface area (Å²) < 4.78 is 0. The van der Waals surface area contributed by atoms with Crippen LogP contribution in [0.4, 0.5) is 0 Å². The van der Waals surface area contributed by atoms with E-state index >= 15 is 0 Å². The van der Waals surface area contributed by atoms with E-state index in [0.717, 1.165) is 19.4 Å². The Morgan fingerprint density at radius 2 is 1.93 bits per heavy atom. The number of carbonyl (C=O) groups excluding carboxylic acids is 1. The van der Waals surface area contributed by atoms with Crippen molar-refractivity contribution in [2.75, 3.05) is 20.1 Å². The van der Waals surface area contributed by atoms with Gasteiger partial charge in [0, 0.05) is 6.54 Å². The maximum absolute atomic E-state index is 12.0. The molecule has 2 heterocycles. The van der Waals surface area contributed by atoms with Gasteiger partial charge in [-0.2, -0.15) is 0 Å². The molecule has 0 aromatic carbocycles. The number of nitrogens with zero attached hydrogens (tertiary/aromatic N) is 2. The third kappa shape index (κ3) is 1.71. The van der Waals surface area contributed by atoms with Crippen LogP contribution in [0, 0.1) is 0 Å². The summed E-state index contributed by atoms with van der Waals surface area (Å²) in [6, 6.07) is -0.668. The van der Waals surface area contributed by atoms with Crippen molar-refractivity contribution in [2.45, 2.75) is 31.3 Å². The largest absolute Gasteiger partial charge is 0.480 e. The molecule has 0 aromatic heterocycles. The lowest BCUT2D eigenvalue weighted by Gasteiger charge is -2.40. The molecule has 0 spiro atoms. The van der Waals surface area contributed by atoms with Crippen molar-refractivity contribution in [3.8, 4) is 0 Å². The summed E-state index contributed by atoms with van der Waals surface area (Å²) in [7, 11) is 1.92. The van der Waals surface area contributed by atoms with Gasteiger partial charge < -0.3 is 10.0 Å². The number of aliphatic carboxylic acids is 1. The lowest BCUT2D eigenvalue weighted by atomic mass is 10.0. The second-order valence-electron chi connectivity index (χ2n) is 4.31. The number of likely N-dealkylation sites (N-methyl/N-ethyl adjacent to an activating group) is 1. The maximum atomic E-state index is 12.0. The highest BCUT2D eigenvalue weighted by Crippen LogP contribution is 2.24. The minimum Gasteiger partial charge on any atom is -0.480 e. The van der Waals surface area contributed by atoms with Gasteiger partial charge >= 0.3 is 5.97 Å². The fraction of sp³-hybridized carbons (Fsp3) is 0.800. The Labute approximate surface area is 88.6 Å². The Morgan fingerprint density at radius 1 is 1.20 bits per heavy atom. The normalized spacial score (nSPS) is 31.4. The molecule has 0 aromatic rings. The van der Waals surface area contributed by atoms with Crippen molar-refractivity contribution in [1.82, 2.24) is 9.80 Å². The van der Waals surface area contributed by atoms with E-state index in [0.29, 0.717) is 13.0 Å². The highest BCUT2D eigenvalue weighted by atomic mass is 16.4. The highest BCUT2D eigenvalue weighted by molar-refractivity contribution is 5.88. The molecule has 5 heteroatoms. The average molecular weight is 212 g/mol. The third-order valence-corrected chi connectivity index (χ3v) is 3.39. The Morgan fingerprint density at radius 3 is 2.33 bits per heavy atom. The van der Waals surface area contributed by atoms with Gasteiger partial charge in [0.15, 0.2) is 0 Å². The summed E-state index contributed by atoms with van der Waals surface area (Å²) >= 11 is 0. The van der Waals surface area contributed by atoms with Crippen LogP contribution >= 0.6 is 0 Å². The van der Waals surface area contributed by atoms with Crippen molar-refractivity contribution in [1.29, 1.82) is 0 Å². The van der Waals surface area contributed by atoms with Crippen LogP contribution in [-0.2, 0) is 9.59 Å². The van der Waals surface area contributed by atoms with Gasteiger partial charge in [-0.05, 0) is 32.9 Å². The van der Waals surface area contributed by atoms with Crippen LogP contribution < -0.4 is 0 Å². The molecule has 84 valence electrons. The first kappa shape index (κ1) is 10.4.